The lowest BCUT2D eigenvalue weighted by atomic mass is 9.90. The van der Waals surface area contributed by atoms with Crippen LogP contribution in [0, 0.1) is 12.3 Å². The Labute approximate surface area is 115 Å². The molecule has 3 rings (SSSR count). The number of hydrogen-bond acceptors (Lipinski definition) is 0. The second kappa shape index (κ2) is 4.19. The molecule has 0 fully saturated rings. The first-order valence-electron chi connectivity index (χ1n) is 7.04. The van der Waals surface area contributed by atoms with E-state index in [0.29, 0.717) is 5.41 Å². The lowest BCUT2D eigenvalue weighted by Gasteiger charge is -2.14. The van der Waals surface area contributed by atoms with Crippen LogP contribution in [0.5, 0.6) is 0 Å². The normalized spacial score (nSPS) is 16.4. The zero-order valence-corrected chi connectivity index (χ0v) is 12.3. The van der Waals surface area contributed by atoms with Gasteiger partial charge in [0, 0.05) is 17.2 Å². The highest BCUT2D eigenvalue weighted by Gasteiger charge is 2.31. The Hall–Kier alpha value is -1.63. The highest BCUT2D eigenvalue weighted by molar-refractivity contribution is 5.62. The summed E-state index contributed by atoms with van der Waals surface area (Å²) in [6.45, 7) is 6.91. The van der Waals surface area contributed by atoms with E-state index in [0.717, 1.165) is 0 Å². The van der Waals surface area contributed by atoms with Gasteiger partial charge in [-0.15, -0.1) is 0 Å². The van der Waals surface area contributed by atoms with Crippen molar-refractivity contribution in [1.82, 2.24) is 0 Å². The molecular weight excluding hydrogens is 230 g/mol. The van der Waals surface area contributed by atoms with Crippen LogP contribution in [0.25, 0.3) is 11.3 Å². The van der Waals surface area contributed by atoms with Crippen molar-refractivity contribution in [2.24, 2.45) is 12.5 Å². The molecule has 0 aliphatic heterocycles. The minimum Gasteiger partial charge on any atom is -0.201 e. The molecule has 0 saturated heterocycles. The third-order valence-corrected chi connectivity index (χ3v) is 4.21. The van der Waals surface area contributed by atoms with E-state index in [1.165, 1.54) is 40.8 Å². The Morgan fingerprint density at radius 1 is 1.05 bits per heavy atom. The van der Waals surface area contributed by atoms with Gasteiger partial charge < -0.3 is 0 Å². The maximum Gasteiger partial charge on any atom is 0.212 e. The molecule has 0 saturated carbocycles. The van der Waals surface area contributed by atoms with Gasteiger partial charge in [-0.1, -0.05) is 32.0 Å². The molecule has 1 heterocycles. The molecule has 0 N–H and O–H groups in total. The predicted octanol–water partition coefficient (Wildman–Crippen LogP) is 3.61. The number of pyridine rings is 1. The molecule has 0 radical (unpaired) electrons. The third-order valence-electron chi connectivity index (χ3n) is 4.21. The monoisotopic (exact) mass is 252 g/mol. The van der Waals surface area contributed by atoms with Gasteiger partial charge in [0.15, 0.2) is 6.20 Å². The van der Waals surface area contributed by atoms with Gasteiger partial charge in [0.2, 0.25) is 5.69 Å². The molecule has 0 amide bonds. The van der Waals surface area contributed by atoms with Crippen molar-refractivity contribution < 1.29 is 4.57 Å². The van der Waals surface area contributed by atoms with Crippen molar-refractivity contribution >= 4 is 0 Å². The number of benzene rings is 1. The molecule has 1 nitrogen and oxygen atoms in total. The summed E-state index contributed by atoms with van der Waals surface area (Å²) >= 11 is 0. The Balaban J connectivity index is 2.14. The summed E-state index contributed by atoms with van der Waals surface area (Å²) in [5.41, 5.74) is 7.48. The minimum absolute atomic E-state index is 0.416. The summed E-state index contributed by atoms with van der Waals surface area (Å²) in [4.78, 5) is 0. The maximum absolute atomic E-state index is 2.40. The number of aromatic nitrogens is 1. The van der Waals surface area contributed by atoms with E-state index in [1.807, 2.05) is 0 Å². The summed E-state index contributed by atoms with van der Waals surface area (Å²) in [5.74, 6) is 0. The molecule has 0 spiro atoms. The molecule has 1 aliphatic rings. The summed E-state index contributed by atoms with van der Waals surface area (Å²) in [5, 5.41) is 0. The van der Waals surface area contributed by atoms with Crippen LogP contribution in [0.4, 0.5) is 0 Å². The van der Waals surface area contributed by atoms with Crippen molar-refractivity contribution in [2.45, 2.75) is 33.6 Å². The van der Waals surface area contributed by atoms with Crippen molar-refractivity contribution in [3.05, 3.63) is 53.2 Å². The van der Waals surface area contributed by atoms with Crippen molar-refractivity contribution in [2.75, 3.05) is 0 Å². The van der Waals surface area contributed by atoms with Gasteiger partial charge in [0.25, 0.3) is 0 Å². The van der Waals surface area contributed by atoms with Crippen molar-refractivity contribution in [3.63, 3.8) is 0 Å². The molecule has 98 valence electrons. The van der Waals surface area contributed by atoms with E-state index in [9.17, 15) is 0 Å². The molecule has 1 aromatic heterocycles. The molecule has 19 heavy (non-hydrogen) atoms. The molecule has 0 bridgehead atoms. The minimum atomic E-state index is 0.416. The number of rotatable bonds is 1. The summed E-state index contributed by atoms with van der Waals surface area (Å²) in [6, 6.07) is 11.0. The van der Waals surface area contributed by atoms with Crippen LogP contribution in [-0.4, -0.2) is 0 Å². The number of aryl methyl sites for hydroxylation is 2. The summed E-state index contributed by atoms with van der Waals surface area (Å²) in [6.07, 6.45) is 4.72. The fourth-order valence-corrected chi connectivity index (χ4v) is 3.29. The second-order valence-corrected chi connectivity index (χ2v) is 6.65. The molecule has 0 atom stereocenters. The molecule has 0 unspecified atom stereocenters. The smallest absolute Gasteiger partial charge is 0.201 e. The van der Waals surface area contributed by atoms with E-state index in [-0.39, 0.29) is 0 Å². The zero-order chi connectivity index (χ0) is 13.6. The van der Waals surface area contributed by atoms with E-state index >= 15 is 0 Å². The average molecular weight is 252 g/mol. The van der Waals surface area contributed by atoms with Crippen LogP contribution in [0.15, 0.2) is 36.5 Å². The third kappa shape index (κ3) is 2.18. The lowest BCUT2D eigenvalue weighted by Crippen LogP contribution is -2.31. The first-order valence-corrected chi connectivity index (χ1v) is 7.04. The van der Waals surface area contributed by atoms with E-state index < -0.39 is 0 Å². The average Bonchev–Trinajstić information content (AvgIpc) is 2.62. The first kappa shape index (κ1) is 12.4. The van der Waals surface area contributed by atoms with Crippen LogP contribution in [0.1, 0.15) is 30.5 Å². The van der Waals surface area contributed by atoms with Crippen LogP contribution >= 0.6 is 0 Å². The van der Waals surface area contributed by atoms with E-state index in [4.69, 9.17) is 0 Å². The van der Waals surface area contributed by atoms with Crippen LogP contribution in [-0.2, 0) is 19.9 Å². The van der Waals surface area contributed by atoms with E-state index in [2.05, 4.69) is 68.9 Å². The molecule has 1 aromatic carbocycles. The highest BCUT2D eigenvalue weighted by atomic mass is 14.9. The topological polar surface area (TPSA) is 3.88 Å². The number of hydrogen-bond donors (Lipinski definition) is 0. The fourth-order valence-electron chi connectivity index (χ4n) is 3.29. The first-order chi connectivity index (χ1) is 8.96. The maximum atomic E-state index is 2.40. The van der Waals surface area contributed by atoms with Gasteiger partial charge in [-0.2, -0.15) is 0 Å². The van der Waals surface area contributed by atoms with Gasteiger partial charge in [0.05, 0.1) is 0 Å². The van der Waals surface area contributed by atoms with Crippen molar-refractivity contribution in [3.8, 4) is 11.3 Å². The van der Waals surface area contributed by atoms with Gasteiger partial charge in [-0.3, -0.25) is 0 Å². The molecule has 1 heteroatoms. The number of nitrogens with zero attached hydrogens (tertiary/aromatic N) is 1. The Bertz CT molecular complexity index is 638. The predicted molar refractivity (Wildman–Crippen MR) is 79.0 cm³/mol. The van der Waals surface area contributed by atoms with Gasteiger partial charge in [0.1, 0.15) is 7.05 Å². The quantitative estimate of drug-likeness (QED) is 0.683. The Morgan fingerprint density at radius 3 is 2.47 bits per heavy atom. The molecule has 1 aliphatic carbocycles. The number of fused-ring (bicyclic) bond motifs is 1. The Kier molecular flexibility index (Phi) is 2.74. The SMILES string of the molecule is Cc1ccccc1-c1cc2c(c[n+]1C)CC(C)(C)C2. The van der Waals surface area contributed by atoms with E-state index in [1.54, 1.807) is 0 Å². The van der Waals surface area contributed by atoms with Crippen LogP contribution < -0.4 is 4.57 Å². The van der Waals surface area contributed by atoms with Gasteiger partial charge >= 0.3 is 0 Å². The summed E-state index contributed by atoms with van der Waals surface area (Å²) < 4.78 is 2.28. The largest absolute Gasteiger partial charge is 0.212 e. The van der Waals surface area contributed by atoms with Gasteiger partial charge in [-0.05, 0) is 42.4 Å². The zero-order valence-electron chi connectivity index (χ0n) is 12.3. The van der Waals surface area contributed by atoms with Crippen molar-refractivity contribution in [1.29, 1.82) is 0 Å². The van der Waals surface area contributed by atoms with Crippen LogP contribution in [0.3, 0.4) is 0 Å². The van der Waals surface area contributed by atoms with Crippen LogP contribution in [0.2, 0.25) is 0 Å². The van der Waals surface area contributed by atoms with Gasteiger partial charge in [-0.25, -0.2) is 4.57 Å². The lowest BCUT2D eigenvalue weighted by molar-refractivity contribution is -0.660. The Morgan fingerprint density at radius 2 is 1.74 bits per heavy atom. The molecular formula is C18H22N+. The second-order valence-electron chi connectivity index (χ2n) is 6.65. The molecule has 2 aromatic rings. The standard InChI is InChI=1S/C18H22N/c1-13-7-5-6-8-16(13)17-9-14-10-18(2,3)11-15(14)12-19(17)4/h5-9,12H,10-11H2,1-4H3/q+1. The fraction of sp³-hybridized carbons (Fsp3) is 0.389. The summed E-state index contributed by atoms with van der Waals surface area (Å²) in [7, 11) is 2.16. The highest BCUT2D eigenvalue weighted by Crippen LogP contribution is 2.36.